The summed E-state index contributed by atoms with van der Waals surface area (Å²) in [5, 5.41) is 34.7. The molecule has 0 spiro atoms. The second-order valence-corrected chi connectivity index (χ2v) is 21.9. The van der Waals surface area contributed by atoms with E-state index in [-0.39, 0.29) is 41.9 Å². The number of urea groups is 1. The Morgan fingerprint density at radius 3 is 1.85 bits per heavy atom. The van der Waals surface area contributed by atoms with Gasteiger partial charge in [-0.25, -0.2) is 14.0 Å². The van der Waals surface area contributed by atoms with E-state index in [4.69, 9.17) is 11.2 Å². The largest absolute Gasteiger partial charge is 0.436 e. The number of hydrogen-bond acceptors (Lipinski definition) is 11. The molecule has 0 bridgehead atoms. The van der Waals surface area contributed by atoms with Gasteiger partial charge in [0.2, 0.25) is 11.8 Å². The lowest BCUT2D eigenvalue weighted by molar-refractivity contribution is -0.147. The quantitative estimate of drug-likeness (QED) is 0.0486. The number of nitrogens with one attached hydrogen (secondary N) is 5. The Balaban J connectivity index is 0.000000280. The van der Waals surface area contributed by atoms with Crippen molar-refractivity contribution >= 4 is 65.0 Å². The highest BCUT2D eigenvalue weighted by atomic mass is 32.2. The first-order valence-corrected chi connectivity index (χ1v) is 25.6. The van der Waals surface area contributed by atoms with Crippen LogP contribution in [-0.2, 0) is 49.6 Å². The van der Waals surface area contributed by atoms with Crippen molar-refractivity contribution in [3.63, 3.8) is 0 Å². The van der Waals surface area contributed by atoms with E-state index in [0.717, 1.165) is 23.3 Å². The Morgan fingerprint density at radius 2 is 1.29 bits per heavy atom. The number of thioether (sulfide) groups is 2. The van der Waals surface area contributed by atoms with Crippen LogP contribution in [0.15, 0.2) is 103 Å². The van der Waals surface area contributed by atoms with E-state index in [1.54, 1.807) is 44.2 Å². The van der Waals surface area contributed by atoms with Crippen molar-refractivity contribution in [3.05, 3.63) is 137 Å². The Hall–Kier alpha value is -6.80. The summed E-state index contributed by atoms with van der Waals surface area (Å²) in [4.78, 5) is 80.2. The average Bonchev–Trinajstić information content (AvgIpc) is 3.87. The number of terminal acetylenes is 1. The van der Waals surface area contributed by atoms with Crippen LogP contribution in [-0.4, -0.2) is 120 Å². The Bertz CT molecular complexity index is 2710. The standard InChI is InChI=1S/C28H30F3N3O5S.C25H31FN4O4S/c1-4-14-39-26(38)33-21(15-18-10-6-5-7-11-18)22(35)25(37)34-17-40-27(2,3)23(34)24(36)32-16-19-12-8-9-13-20(19)28(29,30)31;1-15-8-5-6-9-17(15)13-27-22(32)21-25(3,4)35-14-30(21)23(33)20(31)16(2)28-24(34)29-19-11-7-10-18(26)12-19/h1,5-13,21-23,35H,14-17H2,2-3H3,(H,32,36)(H,33,38);5-12,16,20-21,31H,13-14H2,1-4H3,(H,27,32)(H2,28,29,34)/t21-,22-,23+;16-,20-,21?/m00/s1. The van der Waals surface area contributed by atoms with Crippen LogP contribution in [0.4, 0.5) is 32.8 Å². The van der Waals surface area contributed by atoms with Crippen molar-refractivity contribution in [3.8, 4) is 12.3 Å². The van der Waals surface area contributed by atoms with E-state index in [1.165, 1.54) is 76.6 Å². The fourth-order valence-corrected chi connectivity index (χ4v) is 10.6. The number of rotatable bonds is 16. The summed E-state index contributed by atoms with van der Waals surface area (Å²) in [6, 6.07) is 22.1. The van der Waals surface area contributed by atoms with Gasteiger partial charge in [-0.15, -0.1) is 29.9 Å². The zero-order valence-corrected chi connectivity index (χ0v) is 43.7. The molecule has 2 heterocycles. The zero-order valence-electron chi connectivity index (χ0n) is 42.1. The van der Waals surface area contributed by atoms with Gasteiger partial charge in [-0.1, -0.05) is 84.8 Å². The number of hydrogen-bond donors (Lipinski definition) is 7. The minimum atomic E-state index is -4.60. The molecule has 7 N–H and O–H groups in total. The van der Waals surface area contributed by atoms with Gasteiger partial charge in [0.1, 0.15) is 17.9 Å². The van der Waals surface area contributed by atoms with Crippen LogP contribution in [0.2, 0.25) is 0 Å². The van der Waals surface area contributed by atoms with Gasteiger partial charge >= 0.3 is 18.3 Å². The highest BCUT2D eigenvalue weighted by molar-refractivity contribution is 8.01. The van der Waals surface area contributed by atoms with Gasteiger partial charge in [0.05, 0.1) is 29.4 Å². The van der Waals surface area contributed by atoms with Crippen LogP contribution in [0.25, 0.3) is 0 Å². The fraction of sp³-hybridized carbons (Fsp3) is 0.396. The molecule has 6 rings (SSSR count). The number of carbonyl (C=O) groups is 6. The minimum Gasteiger partial charge on any atom is -0.436 e. The van der Waals surface area contributed by atoms with Crippen LogP contribution in [0.3, 0.4) is 0 Å². The molecule has 0 aromatic heterocycles. The van der Waals surface area contributed by atoms with E-state index in [2.05, 4.69) is 32.5 Å². The third-order valence-corrected chi connectivity index (χ3v) is 15.1. The molecule has 16 nitrogen and oxygen atoms in total. The van der Waals surface area contributed by atoms with Crippen molar-refractivity contribution < 1.29 is 61.3 Å². The number of ether oxygens (including phenoxy) is 1. The van der Waals surface area contributed by atoms with E-state index in [0.29, 0.717) is 12.1 Å². The summed E-state index contributed by atoms with van der Waals surface area (Å²) < 4.78 is 57.0. The predicted octanol–water partition coefficient (Wildman–Crippen LogP) is 6.33. The number of aliphatic hydroxyl groups is 2. The van der Waals surface area contributed by atoms with Gasteiger partial charge in [0, 0.05) is 28.3 Å². The van der Waals surface area contributed by atoms with Gasteiger partial charge < -0.3 is 51.3 Å². The second kappa shape index (κ2) is 26.1. The van der Waals surface area contributed by atoms with Gasteiger partial charge in [0.15, 0.2) is 18.8 Å². The van der Waals surface area contributed by atoms with Gasteiger partial charge in [-0.05, 0) is 94.5 Å². The number of anilines is 1. The maximum atomic E-state index is 13.5. The first-order chi connectivity index (χ1) is 35.3. The van der Waals surface area contributed by atoms with Crippen LogP contribution in [0.1, 0.15) is 62.4 Å². The van der Waals surface area contributed by atoms with Crippen molar-refractivity contribution in [1.29, 1.82) is 0 Å². The molecule has 0 saturated carbocycles. The third kappa shape index (κ3) is 16.1. The van der Waals surface area contributed by atoms with Crippen LogP contribution in [0, 0.1) is 25.1 Å². The molecular formula is C53H61F4N7O9S2. The Labute approximate surface area is 441 Å². The first kappa shape index (κ1) is 59.1. The summed E-state index contributed by atoms with van der Waals surface area (Å²) in [6.07, 6.45) is -3.69. The van der Waals surface area contributed by atoms with Crippen LogP contribution in [0.5, 0.6) is 0 Å². The lowest BCUT2D eigenvalue weighted by Crippen LogP contribution is -2.58. The maximum Gasteiger partial charge on any atom is 0.416 e. The molecule has 402 valence electrons. The smallest absolute Gasteiger partial charge is 0.416 e. The first-order valence-electron chi connectivity index (χ1n) is 23.6. The van der Waals surface area contributed by atoms with Crippen molar-refractivity contribution in [2.24, 2.45) is 0 Å². The molecule has 2 fully saturated rings. The molecule has 6 atom stereocenters. The van der Waals surface area contributed by atoms with Gasteiger partial charge in [0.25, 0.3) is 11.8 Å². The number of nitrogens with zero attached hydrogens (tertiary/aromatic N) is 2. The molecule has 4 aromatic carbocycles. The molecule has 4 aromatic rings. The summed E-state index contributed by atoms with van der Waals surface area (Å²) >= 11 is 2.72. The maximum absolute atomic E-state index is 13.5. The lowest BCUT2D eigenvalue weighted by atomic mass is 9.97. The molecule has 2 saturated heterocycles. The third-order valence-electron chi connectivity index (χ3n) is 12.3. The molecule has 22 heteroatoms. The molecule has 0 aliphatic carbocycles. The molecule has 2 aliphatic heterocycles. The van der Waals surface area contributed by atoms with E-state index >= 15 is 0 Å². The zero-order chi connectivity index (χ0) is 55.3. The van der Waals surface area contributed by atoms with E-state index in [1.807, 2.05) is 45.0 Å². The molecule has 75 heavy (non-hydrogen) atoms. The molecule has 0 radical (unpaired) electrons. The number of aliphatic hydroxyl groups excluding tert-OH is 2. The second-order valence-electron chi connectivity index (χ2n) is 18.7. The SMILES string of the molecule is C#CCOC(=O)N[C@@H](Cc1ccccc1)[C@H](O)C(=O)N1CSC(C)(C)[C@H]1C(=O)NCc1ccccc1C(F)(F)F.Cc1ccccc1CNC(=O)C1N(C(=O)[C@@H](O)[C@H](C)NC(=O)Nc2cccc(F)c2)CSC1(C)C. The highest BCUT2D eigenvalue weighted by Gasteiger charge is 2.51. The number of carbonyl (C=O) groups excluding carboxylic acids is 6. The fourth-order valence-electron chi connectivity index (χ4n) is 8.30. The number of alkyl halides is 3. The number of benzene rings is 4. The minimum absolute atomic E-state index is 0.0414. The summed E-state index contributed by atoms with van der Waals surface area (Å²) in [7, 11) is 0. The van der Waals surface area contributed by atoms with Crippen molar-refractivity contribution in [2.45, 2.75) is 113 Å². The lowest BCUT2D eigenvalue weighted by Gasteiger charge is -2.33. The Kier molecular flexibility index (Phi) is 20.6. The summed E-state index contributed by atoms with van der Waals surface area (Å²) in [5.41, 5.74) is 1.98. The Morgan fingerprint density at radius 1 is 0.760 bits per heavy atom. The monoisotopic (exact) mass is 1080 g/mol. The molecule has 7 amide bonds. The van der Waals surface area contributed by atoms with Gasteiger partial charge in [-0.3, -0.25) is 19.2 Å². The topological polar surface area (TPSA) is 219 Å². The molecule has 1 unspecified atom stereocenters. The number of halogens is 4. The number of amides is 7. The van der Waals surface area contributed by atoms with Crippen LogP contribution < -0.4 is 26.6 Å². The van der Waals surface area contributed by atoms with E-state index in [9.17, 15) is 56.5 Å². The van der Waals surface area contributed by atoms with Crippen molar-refractivity contribution in [1.82, 2.24) is 31.1 Å². The van der Waals surface area contributed by atoms with Gasteiger partial charge in [-0.2, -0.15) is 13.2 Å². The number of alkyl carbamates (subject to hydrolysis) is 1. The summed E-state index contributed by atoms with van der Waals surface area (Å²) in [6.45, 7) is 10.3. The highest BCUT2D eigenvalue weighted by Crippen LogP contribution is 2.41. The van der Waals surface area contributed by atoms with E-state index < -0.39 is 99.8 Å². The van der Waals surface area contributed by atoms with Crippen molar-refractivity contribution in [2.75, 3.05) is 23.7 Å². The summed E-state index contributed by atoms with van der Waals surface area (Å²) in [5.74, 6) is -0.552. The van der Waals surface area contributed by atoms with Crippen LogP contribution >= 0.6 is 23.5 Å². The predicted molar refractivity (Wildman–Crippen MR) is 278 cm³/mol. The normalized spacial score (nSPS) is 18.1. The molecular weight excluding hydrogens is 1020 g/mol. The number of aryl methyl sites for hydroxylation is 1. The molecule has 2 aliphatic rings. The average molecular weight is 1080 g/mol.